The van der Waals surface area contributed by atoms with Crippen molar-refractivity contribution in [2.45, 2.75) is 54.6 Å². The third-order valence-electron chi connectivity index (χ3n) is 6.60. The van der Waals surface area contributed by atoms with Crippen molar-refractivity contribution in [2.75, 3.05) is 0 Å². The minimum atomic E-state index is -1.88. The Morgan fingerprint density at radius 2 is 0.900 bits per heavy atom. The molecule has 0 aromatic rings. The summed E-state index contributed by atoms with van der Waals surface area (Å²) in [5.74, 6) is 8.87. The first-order chi connectivity index (χ1) is 14.1. The van der Waals surface area contributed by atoms with E-state index in [4.69, 9.17) is 17.0 Å². The van der Waals surface area contributed by atoms with Crippen LogP contribution in [0.2, 0.25) is 13.1 Å². The molecule has 4 heteroatoms. The predicted molar refractivity (Wildman–Crippen MR) is 130 cm³/mol. The normalized spacial score (nSPS) is 25.7. The molecule has 0 atom stereocenters. The van der Waals surface area contributed by atoms with Crippen LogP contribution in [0.1, 0.15) is 41.5 Å². The van der Waals surface area contributed by atoms with Gasteiger partial charge in [0.25, 0.3) is 0 Å². The molecule has 154 valence electrons. The van der Waals surface area contributed by atoms with E-state index in [1.807, 2.05) is 0 Å². The molecule has 10 radical (unpaired) electrons. The first-order valence-corrected chi connectivity index (χ1v) is 19.7. The van der Waals surface area contributed by atoms with Crippen LogP contribution in [0.4, 0.5) is 0 Å². The van der Waals surface area contributed by atoms with E-state index in [1.54, 1.807) is 11.1 Å². The van der Waals surface area contributed by atoms with E-state index in [1.165, 1.54) is 57.8 Å². The summed E-state index contributed by atoms with van der Waals surface area (Å²) in [4.78, 5) is 0. The molecule has 0 heterocycles. The van der Waals surface area contributed by atoms with Crippen LogP contribution < -0.4 is 0 Å². The maximum absolute atomic E-state index is 4.93. The maximum atomic E-state index is 4.93. The zero-order valence-electron chi connectivity index (χ0n) is 19.2. The van der Waals surface area contributed by atoms with Gasteiger partial charge < -0.3 is 0 Å². The molecule has 0 aromatic carbocycles. The van der Waals surface area contributed by atoms with Crippen LogP contribution in [0, 0.1) is 59.4 Å². The monoisotopic (exact) mass is 530 g/mol. The summed E-state index contributed by atoms with van der Waals surface area (Å²) in [6.07, 6.45) is 14.0. The van der Waals surface area contributed by atoms with Gasteiger partial charge >= 0.3 is 37.9 Å². The van der Waals surface area contributed by atoms with Crippen LogP contribution in [-0.4, -0.2) is 8.07 Å². The number of hydrogen-bond acceptors (Lipinski definition) is 0. The molecule has 4 rings (SSSR count). The Labute approximate surface area is 205 Å². The van der Waals surface area contributed by atoms with Gasteiger partial charge in [-0.1, -0.05) is 73.5 Å². The van der Waals surface area contributed by atoms with E-state index >= 15 is 0 Å². The summed E-state index contributed by atoms with van der Waals surface area (Å²) in [6, 6.07) is 0. The predicted octanol–water partition coefficient (Wildman–Crippen LogP) is 8.03. The molecule has 4 aliphatic rings. The van der Waals surface area contributed by atoms with Crippen LogP contribution in [0.3, 0.4) is 0 Å². The second kappa shape index (κ2) is 9.87. The number of halogens is 2. The first kappa shape index (κ1) is 25.3. The van der Waals surface area contributed by atoms with Crippen LogP contribution >= 0.6 is 17.0 Å². The van der Waals surface area contributed by atoms with Crippen molar-refractivity contribution in [1.29, 1.82) is 0 Å². The van der Waals surface area contributed by atoms with Gasteiger partial charge in [-0.05, 0) is 63.5 Å². The van der Waals surface area contributed by atoms with Crippen molar-refractivity contribution >= 4 is 25.1 Å². The Bertz CT molecular complexity index is 716. The zero-order valence-corrected chi connectivity index (χ0v) is 24.2. The summed E-state index contributed by atoms with van der Waals surface area (Å²) >= 11 is -0.826. The van der Waals surface area contributed by atoms with E-state index in [0.717, 1.165) is 0 Å². The second-order valence-electron chi connectivity index (χ2n) is 9.08. The Balaban J connectivity index is 0.000000806. The van der Waals surface area contributed by atoms with Gasteiger partial charge in [0.2, 0.25) is 0 Å². The van der Waals surface area contributed by atoms with Crippen LogP contribution in [-0.2, 0) is 20.8 Å². The molecule has 2 saturated carbocycles. The fourth-order valence-corrected chi connectivity index (χ4v) is 9.69. The fraction of sp³-hybridized carbons (Fsp3) is 0.308. The summed E-state index contributed by atoms with van der Waals surface area (Å²) in [7, 11) is 7.99. The SMILES string of the molecule is C[C]1[CH][C]2[C]([C]1[Si](C)(C)[C]1[C](C)[CH][C]3[C]1C(C)=CC=C3C)C(C)=CC=C2C.[Cl][Zr+2][Cl]. The van der Waals surface area contributed by atoms with E-state index in [-0.39, 0.29) is 0 Å². The summed E-state index contributed by atoms with van der Waals surface area (Å²) in [6.45, 7) is 18.8. The van der Waals surface area contributed by atoms with Crippen molar-refractivity contribution in [3.05, 3.63) is 106 Å². The number of hydrogen-bond donors (Lipinski definition) is 0. The van der Waals surface area contributed by atoms with Crippen molar-refractivity contribution in [2.24, 2.45) is 0 Å². The first-order valence-electron chi connectivity index (χ1n) is 10.4. The molecule has 0 N–H and O–H groups in total. The molecular formula is C26H30Cl2SiZr+2. The van der Waals surface area contributed by atoms with E-state index in [9.17, 15) is 0 Å². The van der Waals surface area contributed by atoms with Crippen LogP contribution in [0.25, 0.3) is 0 Å². The minimum absolute atomic E-state index is 0.826. The third kappa shape index (κ3) is 4.38. The molecule has 30 heavy (non-hydrogen) atoms. The molecule has 0 amide bonds. The average Bonchev–Trinajstić information content (AvgIpc) is 3.21. The molecule has 0 bridgehead atoms. The topological polar surface area (TPSA) is 0 Å². The quantitative estimate of drug-likeness (QED) is 0.316. The molecule has 0 saturated heterocycles. The van der Waals surface area contributed by atoms with E-state index in [2.05, 4.69) is 91.8 Å². The zero-order chi connectivity index (χ0) is 22.4. The number of rotatable bonds is 2. The van der Waals surface area contributed by atoms with Gasteiger partial charge in [0.1, 0.15) is 0 Å². The van der Waals surface area contributed by atoms with Gasteiger partial charge in [0.15, 0.2) is 0 Å². The molecule has 4 aliphatic carbocycles. The Hall–Kier alpha value is 0.640. The van der Waals surface area contributed by atoms with Gasteiger partial charge in [-0.25, -0.2) is 0 Å². The van der Waals surface area contributed by atoms with Crippen LogP contribution in [0.15, 0.2) is 46.6 Å². The van der Waals surface area contributed by atoms with Gasteiger partial charge in [0.05, 0.1) is 8.07 Å². The molecule has 0 spiro atoms. The molecular weight excluding hydrogens is 503 g/mol. The van der Waals surface area contributed by atoms with Crippen molar-refractivity contribution < 1.29 is 20.8 Å². The Morgan fingerprint density at radius 1 is 0.600 bits per heavy atom. The van der Waals surface area contributed by atoms with Gasteiger partial charge in [0, 0.05) is 23.7 Å². The molecule has 0 aromatic heterocycles. The summed E-state index contributed by atoms with van der Waals surface area (Å²) < 4.78 is 0. The number of allylic oxidation sites excluding steroid dienone is 8. The van der Waals surface area contributed by atoms with E-state index in [0.29, 0.717) is 0 Å². The van der Waals surface area contributed by atoms with Crippen molar-refractivity contribution in [3.63, 3.8) is 0 Å². The summed E-state index contributed by atoms with van der Waals surface area (Å²) in [5, 5.41) is 0. The fourth-order valence-electron chi connectivity index (χ4n) is 5.41. The van der Waals surface area contributed by atoms with Crippen LogP contribution in [0.5, 0.6) is 0 Å². The van der Waals surface area contributed by atoms with Gasteiger partial charge in [-0.2, -0.15) is 0 Å². The van der Waals surface area contributed by atoms with Gasteiger partial charge in [-0.15, -0.1) is 0 Å². The Kier molecular flexibility index (Phi) is 8.31. The second-order valence-corrected chi connectivity index (χ2v) is 17.1. The summed E-state index contributed by atoms with van der Waals surface area (Å²) in [5.41, 5.74) is 8.89. The van der Waals surface area contributed by atoms with E-state index < -0.39 is 28.9 Å². The van der Waals surface area contributed by atoms with Gasteiger partial charge in [-0.3, -0.25) is 0 Å². The van der Waals surface area contributed by atoms with Crippen molar-refractivity contribution in [3.8, 4) is 0 Å². The third-order valence-corrected chi connectivity index (χ3v) is 10.4. The van der Waals surface area contributed by atoms with Crippen molar-refractivity contribution in [1.82, 2.24) is 0 Å². The molecule has 0 aliphatic heterocycles. The number of fused-ring (bicyclic) bond motifs is 2. The molecule has 0 nitrogen and oxygen atoms in total. The Morgan fingerprint density at radius 3 is 1.23 bits per heavy atom. The standard InChI is InChI=1S/C26H30Si.2ClH.Zr/c1-15-9-11-17(3)23-21(15)13-19(5)25(23)27(7,8)26-20(6)14-22-16(2)10-12-18(4)24(22)26;;;/h9-14H,1-8H3;2*1H;/q;;;+4/p-2. The molecule has 2 fully saturated rings. The molecule has 0 unspecified atom stereocenters. The average molecular weight is 533 g/mol.